The fourth-order valence-electron chi connectivity index (χ4n) is 1.63. The molecule has 1 aromatic rings. The summed E-state index contributed by atoms with van der Waals surface area (Å²) in [4.78, 5) is 22.2. The van der Waals surface area contributed by atoms with Crippen molar-refractivity contribution in [3.63, 3.8) is 0 Å². The molecule has 0 aliphatic carbocycles. The van der Waals surface area contributed by atoms with E-state index < -0.39 is 5.97 Å². The van der Waals surface area contributed by atoms with Crippen molar-refractivity contribution in [1.82, 2.24) is 5.32 Å². The highest BCUT2D eigenvalue weighted by molar-refractivity contribution is 5.91. The van der Waals surface area contributed by atoms with Gasteiger partial charge in [0.15, 0.2) is 0 Å². The molecule has 0 spiro atoms. The Balaban J connectivity index is 2.30. The van der Waals surface area contributed by atoms with Crippen molar-refractivity contribution in [3.05, 3.63) is 29.8 Å². The number of carbonyl (C=O) groups excluding carboxylic acids is 1. The summed E-state index contributed by atoms with van der Waals surface area (Å²) < 4.78 is 0. The summed E-state index contributed by atoms with van der Waals surface area (Å²) in [5.74, 6) is -0.980. The Morgan fingerprint density at radius 2 is 1.79 bits per heavy atom. The lowest BCUT2D eigenvalue weighted by Gasteiger charge is -2.07. The zero-order chi connectivity index (χ0) is 14.1. The van der Waals surface area contributed by atoms with E-state index in [2.05, 4.69) is 17.6 Å². The van der Waals surface area contributed by atoms with Crippen molar-refractivity contribution in [2.75, 3.05) is 11.9 Å². The van der Waals surface area contributed by atoms with Gasteiger partial charge < -0.3 is 15.7 Å². The lowest BCUT2D eigenvalue weighted by molar-refractivity contribution is 0.0697. The second-order valence-electron chi connectivity index (χ2n) is 4.32. The minimum atomic E-state index is -0.980. The molecule has 3 N–H and O–H groups in total. The van der Waals surface area contributed by atoms with Crippen molar-refractivity contribution in [2.24, 2.45) is 0 Å². The van der Waals surface area contributed by atoms with Crippen LogP contribution in [0.4, 0.5) is 10.5 Å². The number of benzene rings is 1. The Hall–Kier alpha value is -2.04. The number of aromatic carboxylic acids is 1. The number of amides is 2. The Kier molecular flexibility index (Phi) is 6.43. The number of carboxylic acid groups (broad SMARTS) is 1. The molecule has 5 nitrogen and oxygen atoms in total. The first-order chi connectivity index (χ1) is 9.13. The van der Waals surface area contributed by atoms with E-state index in [4.69, 9.17) is 5.11 Å². The fraction of sp³-hybridized carbons (Fsp3) is 0.429. The maximum absolute atomic E-state index is 11.5. The summed E-state index contributed by atoms with van der Waals surface area (Å²) >= 11 is 0. The average Bonchev–Trinajstić information content (AvgIpc) is 2.39. The van der Waals surface area contributed by atoms with E-state index in [0.717, 1.165) is 12.8 Å². The highest BCUT2D eigenvalue weighted by Crippen LogP contribution is 2.09. The fourth-order valence-corrected chi connectivity index (χ4v) is 1.63. The topological polar surface area (TPSA) is 78.4 Å². The molecule has 0 aromatic heterocycles. The second kappa shape index (κ2) is 8.13. The number of unbranched alkanes of at least 4 members (excludes halogenated alkanes) is 3. The van der Waals surface area contributed by atoms with Gasteiger partial charge in [-0.2, -0.15) is 0 Å². The lowest BCUT2D eigenvalue weighted by atomic mass is 10.2. The van der Waals surface area contributed by atoms with Gasteiger partial charge in [0.05, 0.1) is 5.56 Å². The highest BCUT2D eigenvalue weighted by Gasteiger charge is 2.04. The van der Waals surface area contributed by atoms with Crippen LogP contribution in [0.5, 0.6) is 0 Å². The number of carbonyl (C=O) groups is 2. The minimum absolute atomic E-state index is 0.200. The molecule has 2 amide bonds. The van der Waals surface area contributed by atoms with Crippen LogP contribution < -0.4 is 10.6 Å². The van der Waals surface area contributed by atoms with E-state index in [9.17, 15) is 9.59 Å². The monoisotopic (exact) mass is 264 g/mol. The quantitative estimate of drug-likeness (QED) is 0.662. The summed E-state index contributed by atoms with van der Waals surface area (Å²) in [5.41, 5.74) is 0.779. The first-order valence-electron chi connectivity index (χ1n) is 6.51. The standard InChI is InChI=1S/C14H20N2O3/c1-2-3-4-5-10-15-14(19)16-12-8-6-11(7-9-12)13(17)18/h6-9H,2-5,10H2,1H3,(H,17,18)(H2,15,16,19). The van der Waals surface area contributed by atoms with E-state index in [1.54, 1.807) is 12.1 Å². The maximum Gasteiger partial charge on any atom is 0.335 e. The molecule has 0 aliphatic rings. The number of hydrogen-bond acceptors (Lipinski definition) is 2. The third-order valence-corrected chi connectivity index (χ3v) is 2.71. The van der Waals surface area contributed by atoms with E-state index in [0.29, 0.717) is 12.2 Å². The summed E-state index contributed by atoms with van der Waals surface area (Å²) in [7, 11) is 0. The Morgan fingerprint density at radius 3 is 2.37 bits per heavy atom. The summed E-state index contributed by atoms with van der Waals surface area (Å²) in [6.07, 6.45) is 4.44. The second-order valence-corrected chi connectivity index (χ2v) is 4.32. The summed E-state index contributed by atoms with van der Waals surface area (Å²) in [6.45, 7) is 2.79. The van der Waals surface area contributed by atoms with Gasteiger partial charge in [0, 0.05) is 12.2 Å². The van der Waals surface area contributed by atoms with Gasteiger partial charge in [-0.25, -0.2) is 9.59 Å². The molecule has 0 saturated heterocycles. The molecule has 0 bridgehead atoms. The predicted molar refractivity (Wildman–Crippen MR) is 74.6 cm³/mol. The molecule has 0 heterocycles. The minimum Gasteiger partial charge on any atom is -0.478 e. The third kappa shape index (κ3) is 5.90. The molecule has 0 unspecified atom stereocenters. The average molecular weight is 264 g/mol. The maximum atomic E-state index is 11.5. The van der Waals surface area contributed by atoms with Crippen molar-refractivity contribution in [2.45, 2.75) is 32.6 Å². The van der Waals surface area contributed by atoms with Gasteiger partial charge in [-0.05, 0) is 30.7 Å². The SMILES string of the molecule is CCCCCCNC(=O)Nc1ccc(C(=O)O)cc1. The van der Waals surface area contributed by atoms with Crippen LogP contribution in [0.15, 0.2) is 24.3 Å². The third-order valence-electron chi connectivity index (χ3n) is 2.71. The van der Waals surface area contributed by atoms with Crippen LogP contribution in [0.2, 0.25) is 0 Å². The zero-order valence-corrected chi connectivity index (χ0v) is 11.1. The largest absolute Gasteiger partial charge is 0.478 e. The molecule has 0 fully saturated rings. The van der Waals surface area contributed by atoms with Crippen LogP contribution in [0.25, 0.3) is 0 Å². The molecule has 19 heavy (non-hydrogen) atoms. The van der Waals surface area contributed by atoms with Gasteiger partial charge in [-0.15, -0.1) is 0 Å². The van der Waals surface area contributed by atoms with Crippen LogP contribution in [-0.4, -0.2) is 23.7 Å². The molecule has 0 radical (unpaired) electrons. The van der Waals surface area contributed by atoms with Crippen LogP contribution in [0.3, 0.4) is 0 Å². The number of rotatable bonds is 7. The number of urea groups is 1. The molecule has 104 valence electrons. The van der Waals surface area contributed by atoms with Crippen molar-refractivity contribution in [1.29, 1.82) is 0 Å². The zero-order valence-electron chi connectivity index (χ0n) is 11.1. The van der Waals surface area contributed by atoms with Gasteiger partial charge in [-0.1, -0.05) is 26.2 Å². The normalized spacial score (nSPS) is 9.95. The molecule has 1 rings (SSSR count). The van der Waals surface area contributed by atoms with Crippen LogP contribution in [0.1, 0.15) is 43.0 Å². The Labute approximate surface area is 113 Å². The first kappa shape index (κ1) is 15.0. The molecular formula is C14H20N2O3. The number of carboxylic acids is 1. The van der Waals surface area contributed by atoms with Gasteiger partial charge in [0.1, 0.15) is 0 Å². The number of nitrogens with one attached hydrogen (secondary N) is 2. The molecule has 0 atom stereocenters. The van der Waals surface area contributed by atoms with Gasteiger partial charge in [-0.3, -0.25) is 0 Å². The first-order valence-corrected chi connectivity index (χ1v) is 6.51. The van der Waals surface area contributed by atoms with Gasteiger partial charge >= 0.3 is 12.0 Å². The number of anilines is 1. The molecule has 0 saturated carbocycles. The van der Waals surface area contributed by atoms with Crippen molar-refractivity contribution >= 4 is 17.7 Å². The van der Waals surface area contributed by atoms with Crippen LogP contribution in [-0.2, 0) is 0 Å². The van der Waals surface area contributed by atoms with Crippen molar-refractivity contribution in [3.8, 4) is 0 Å². The number of hydrogen-bond donors (Lipinski definition) is 3. The molecule has 0 aliphatic heterocycles. The van der Waals surface area contributed by atoms with Crippen LogP contribution >= 0.6 is 0 Å². The summed E-state index contributed by atoms with van der Waals surface area (Å²) in [6, 6.07) is 5.79. The highest BCUT2D eigenvalue weighted by atomic mass is 16.4. The van der Waals surface area contributed by atoms with Gasteiger partial charge in [0.25, 0.3) is 0 Å². The van der Waals surface area contributed by atoms with Crippen molar-refractivity contribution < 1.29 is 14.7 Å². The molecule has 1 aromatic carbocycles. The van der Waals surface area contributed by atoms with E-state index in [1.807, 2.05) is 0 Å². The Morgan fingerprint density at radius 1 is 1.11 bits per heavy atom. The Bertz CT molecular complexity index is 415. The van der Waals surface area contributed by atoms with Gasteiger partial charge in [0.2, 0.25) is 0 Å². The predicted octanol–water partition coefficient (Wildman–Crippen LogP) is 3.09. The smallest absolute Gasteiger partial charge is 0.335 e. The molecular weight excluding hydrogens is 244 g/mol. The van der Waals surface area contributed by atoms with Crippen LogP contribution in [0, 0.1) is 0 Å². The lowest BCUT2D eigenvalue weighted by Crippen LogP contribution is -2.29. The molecule has 5 heteroatoms. The van der Waals surface area contributed by atoms with E-state index in [1.165, 1.54) is 25.0 Å². The van der Waals surface area contributed by atoms with E-state index in [-0.39, 0.29) is 11.6 Å². The van der Waals surface area contributed by atoms with E-state index >= 15 is 0 Å². The summed E-state index contributed by atoms with van der Waals surface area (Å²) in [5, 5.41) is 14.2.